The Labute approximate surface area is 114 Å². The highest BCUT2D eigenvalue weighted by Gasteiger charge is 2.33. The minimum absolute atomic E-state index is 0.0459. The molecule has 2 aliphatic rings. The number of hydrogen-bond acceptors (Lipinski definition) is 4. The number of nitrogens with zero attached hydrogens (tertiary/aromatic N) is 1. The predicted octanol–water partition coefficient (Wildman–Crippen LogP) is 0.382. The molecule has 0 aliphatic carbocycles. The molecule has 0 radical (unpaired) electrons. The number of rotatable bonds is 3. The molecular weight excluding hydrogens is 268 g/mol. The van der Waals surface area contributed by atoms with Gasteiger partial charge in [0.2, 0.25) is 0 Å². The molecule has 0 aromatic heterocycles. The number of carbonyl (C=O) groups excluding carboxylic acids is 1. The molecule has 3 atom stereocenters. The number of nitrogens with one attached hydrogen (secondary N) is 1. The number of ether oxygens (including phenoxy) is 1. The number of amides is 2. The summed E-state index contributed by atoms with van der Waals surface area (Å²) in [6.07, 6.45) is 2.59. The minimum Gasteiger partial charge on any atom is -0.376 e. The summed E-state index contributed by atoms with van der Waals surface area (Å²) in [5.41, 5.74) is 0. The zero-order valence-corrected chi connectivity index (χ0v) is 12.3. The van der Waals surface area contributed by atoms with E-state index in [-0.39, 0.29) is 35.7 Å². The van der Waals surface area contributed by atoms with E-state index < -0.39 is 9.84 Å². The first kappa shape index (κ1) is 14.6. The molecule has 7 heteroatoms. The SMILES string of the molecule is C[C@H](NC(=O)N(C)[C@H]1CCS(=O)(=O)C1)[C@H]1CCCO1. The number of carbonyl (C=O) groups is 1. The van der Waals surface area contributed by atoms with Gasteiger partial charge in [-0.25, -0.2) is 13.2 Å². The van der Waals surface area contributed by atoms with Gasteiger partial charge in [-0.05, 0) is 26.2 Å². The van der Waals surface area contributed by atoms with Crippen molar-refractivity contribution >= 4 is 15.9 Å². The molecule has 0 spiro atoms. The van der Waals surface area contributed by atoms with Crippen molar-refractivity contribution in [3.05, 3.63) is 0 Å². The maximum atomic E-state index is 12.1. The van der Waals surface area contributed by atoms with Gasteiger partial charge in [-0.3, -0.25) is 0 Å². The van der Waals surface area contributed by atoms with Gasteiger partial charge in [0, 0.05) is 19.7 Å². The summed E-state index contributed by atoms with van der Waals surface area (Å²) in [4.78, 5) is 13.6. The van der Waals surface area contributed by atoms with Crippen LogP contribution in [-0.4, -0.2) is 62.7 Å². The molecule has 6 nitrogen and oxygen atoms in total. The van der Waals surface area contributed by atoms with Crippen LogP contribution in [0.5, 0.6) is 0 Å². The van der Waals surface area contributed by atoms with Crippen LogP contribution >= 0.6 is 0 Å². The lowest BCUT2D eigenvalue weighted by Gasteiger charge is -2.27. The van der Waals surface area contributed by atoms with Crippen LogP contribution < -0.4 is 5.32 Å². The highest BCUT2D eigenvalue weighted by molar-refractivity contribution is 7.91. The van der Waals surface area contributed by atoms with Gasteiger partial charge >= 0.3 is 6.03 Å². The standard InChI is InChI=1S/C12H22N2O4S/c1-9(11-4-3-6-18-11)13-12(15)14(2)10-5-7-19(16,17)8-10/h9-11H,3-8H2,1-2H3,(H,13,15)/t9-,10-,11+/m0/s1. The number of hydrogen-bond donors (Lipinski definition) is 1. The monoisotopic (exact) mass is 290 g/mol. The molecule has 0 aromatic carbocycles. The number of sulfone groups is 1. The third kappa shape index (κ3) is 3.60. The molecule has 0 saturated carbocycles. The normalized spacial score (nSPS) is 31.1. The second-order valence-corrected chi connectivity index (χ2v) is 7.69. The smallest absolute Gasteiger partial charge is 0.317 e. The largest absolute Gasteiger partial charge is 0.376 e. The van der Waals surface area contributed by atoms with Gasteiger partial charge in [-0.1, -0.05) is 0 Å². The molecular formula is C12H22N2O4S. The maximum Gasteiger partial charge on any atom is 0.317 e. The maximum absolute atomic E-state index is 12.1. The lowest BCUT2D eigenvalue weighted by atomic mass is 10.1. The second-order valence-electron chi connectivity index (χ2n) is 5.46. The van der Waals surface area contributed by atoms with Crippen molar-refractivity contribution in [2.75, 3.05) is 25.2 Å². The topological polar surface area (TPSA) is 75.7 Å². The summed E-state index contributed by atoms with van der Waals surface area (Å²) < 4.78 is 28.4. The van der Waals surface area contributed by atoms with Crippen molar-refractivity contribution in [1.29, 1.82) is 0 Å². The molecule has 2 amide bonds. The molecule has 2 aliphatic heterocycles. The van der Waals surface area contributed by atoms with E-state index in [9.17, 15) is 13.2 Å². The Bertz CT molecular complexity index is 431. The van der Waals surface area contributed by atoms with E-state index >= 15 is 0 Å². The molecule has 1 N–H and O–H groups in total. The molecule has 19 heavy (non-hydrogen) atoms. The molecule has 2 rings (SSSR count). The van der Waals surface area contributed by atoms with E-state index in [1.54, 1.807) is 7.05 Å². The Balaban J connectivity index is 1.85. The predicted molar refractivity (Wildman–Crippen MR) is 71.8 cm³/mol. The van der Waals surface area contributed by atoms with E-state index in [2.05, 4.69) is 5.32 Å². The van der Waals surface area contributed by atoms with Gasteiger partial charge in [0.05, 0.1) is 23.7 Å². The van der Waals surface area contributed by atoms with Gasteiger partial charge < -0.3 is 15.0 Å². The van der Waals surface area contributed by atoms with Gasteiger partial charge in [-0.15, -0.1) is 0 Å². The van der Waals surface area contributed by atoms with Crippen LogP contribution in [0.25, 0.3) is 0 Å². The van der Waals surface area contributed by atoms with Gasteiger partial charge in [-0.2, -0.15) is 0 Å². The van der Waals surface area contributed by atoms with Crippen LogP contribution in [0.2, 0.25) is 0 Å². The van der Waals surface area contributed by atoms with E-state index in [0.717, 1.165) is 19.4 Å². The Morgan fingerprint density at radius 1 is 1.42 bits per heavy atom. The van der Waals surface area contributed by atoms with Gasteiger partial charge in [0.1, 0.15) is 0 Å². The first-order valence-electron chi connectivity index (χ1n) is 6.74. The summed E-state index contributed by atoms with van der Waals surface area (Å²) in [7, 11) is -1.31. The average Bonchev–Trinajstić information content (AvgIpc) is 2.96. The molecule has 2 heterocycles. The second kappa shape index (κ2) is 5.66. The van der Waals surface area contributed by atoms with Crippen LogP contribution in [0.15, 0.2) is 0 Å². The zero-order chi connectivity index (χ0) is 14.0. The molecule has 2 fully saturated rings. The Morgan fingerprint density at radius 2 is 2.16 bits per heavy atom. The summed E-state index contributed by atoms with van der Waals surface area (Å²) in [5.74, 6) is 0.252. The summed E-state index contributed by atoms with van der Waals surface area (Å²) >= 11 is 0. The van der Waals surface area contributed by atoms with E-state index in [1.807, 2.05) is 6.92 Å². The summed E-state index contributed by atoms with van der Waals surface area (Å²) in [6.45, 7) is 2.68. The molecule has 0 aromatic rings. The number of urea groups is 1. The van der Waals surface area contributed by atoms with Crippen LogP contribution in [-0.2, 0) is 14.6 Å². The van der Waals surface area contributed by atoms with E-state index in [4.69, 9.17) is 4.74 Å². The van der Waals surface area contributed by atoms with Crippen molar-refractivity contribution in [2.24, 2.45) is 0 Å². The molecule has 0 bridgehead atoms. The first-order valence-corrected chi connectivity index (χ1v) is 8.56. The quantitative estimate of drug-likeness (QED) is 0.815. The zero-order valence-electron chi connectivity index (χ0n) is 11.5. The Kier molecular flexibility index (Phi) is 4.35. The van der Waals surface area contributed by atoms with Crippen LogP contribution in [0.4, 0.5) is 4.79 Å². The minimum atomic E-state index is -2.96. The Morgan fingerprint density at radius 3 is 2.68 bits per heavy atom. The molecule has 2 saturated heterocycles. The first-order chi connectivity index (χ1) is 8.89. The Hall–Kier alpha value is -0.820. The molecule has 0 unspecified atom stereocenters. The third-order valence-corrected chi connectivity index (χ3v) is 5.70. The third-order valence-electron chi connectivity index (χ3n) is 3.95. The van der Waals surface area contributed by atoms with Crippen molar-refractivity contribution in [2.45, 2.75) is 44.4 Å². The van der Waals surface area contributed by atoms with E-state index in [0.29, 0.717) is 6.42 Å². The fourth-order valence-electron chi connectivity index (χ4n) is 2.63. The van der Waals surface area contributed by atoms with Crippen molar-refractivity contribution in [3.63, 3.8) is 0 Å². The van der Waals surface area contributed by atoms with Crippen molar-refractivity contribution in [3.8, 4) is 0 Å². The highest BCUT2D eigenvalue weighted by Crippen LogP contribution is 2.18. The van der Waals surface area contributed by atoms with Crippen molar-refractivity contribution < 1.29 is 17.9 Å². The lowest BCUT2D eigenvalue weighted by molar-refractivity contribution is 0.0831. The van der Waals surface area contributed by atoms with Crippen LogP contribution in [0.3, 0.4) is 0 Å². The fraction of sp³-hybridized carbons (Fsp3) is 0.917. The molecule has 110 valence electrons. The average molecular weight is 290 g/mol. The van der Waals surface area contributed by atoms with Gasteiger partial charge in [0.15, 0.2) is 9.84 Å². The van der Waals surface area contributed by atoms with Crippen LogP contribution in [0.1, 0.15) is 26.2 Å². The summed E-state index contributed by atoms with van der Waals surface area (Å²) in [6, 6.07) is -0.470. The lowest BCUT2D eigenvalue weighted by Crippen LogP contribution is -2.50. The fourth-order valence-corrected chi connectivity index (χ4v) is 4.41. The summed E-state index contributed by atoms with van der Waals surface area (Å²) in [5, 5.41) is 2.89. The van der Waals surface area contributed by atoms with Crippen molar-refractivity contribution in [1.82, 2.24) is 10.2 Å². The van der Waals surface area contributed by atoms with E-state index in [1.165, 1.54) is 4.90 Å². The van der Waals surface area contributed by atoms with Gasteiger partial charge in [0.25, 0.3) is 0 Å². The highest BCUT2D eigenvalue weighted by atomic mass is 32.2. The van der Waals surface area contributed by atoms with Crippen LogP contribution in [0, 0.1) is 0 Å².